The van der Waals surface area contributed by atoms with Crippen LogP contribution in [0, 0.1) is 0 Å². The Morgan fingerprint density at radius 3 is 2.75 bits per heavy atom. The predicted molar refractivity (Wildman–Crippen MR) is 79.5 cm³/mol. The number of likely N-dealkylation sites (N-methyl/N-ethyl adjacent to an activating group) is 1. The largest absolute Gasteiger partial charge is 0.465 e. The molecule has 0 aromatic carbocycles. The summed E-state index contributed by atoms with van der Waals surface area (Å²) in [5.41, 5.74) is 5.18. The molecule has 0 spiro atoms. The van der Waals surface area contributed by atoms with Gasteiger partial charge in [0.1, 0.15) is 5.54 Å². The zero-order chi connectivity index (χ0) is 15.2. The molecule has 5 heteroatoms. The molecule has 0 saturated carbocycles. The van der Waals surface area contributed by atoms with Gasteiger partial charge < -0.3 is 15.2 Å². The van der Waals surface area contributed by atoms with Crippen molar-refractivity contribution in [2.75, 3.05) is 26.3 Å². The monoisotopic (exact) mass is 286 g/mol. The zero-order valence-electron chi connectivity index (χ0n) is 13.4. The van der Waals surface area contributed by atoms with Crippen molar-refractivity contribution >= 4 is 5.97 Å². The van der Waals surface area contributed by atoms with Crippen LogP contribution in [0.3, 0.4) is 0 Å². The molecule has 1 rings (SSSR count). The minimum absolute atomic E-state index is 0.226. The molecule has 3 atom stereocenters. The van der Waals surface area contributed by atoms with E-state index in [1.807, 2.05) is 0 Å². The van der Waals surface area contributed by atoms with Crippen LogP contribution in [0.1, 0.15) is 47.0 Å². The van der Waals surface area contributed by atoms with Gasteiger partial charge in [-0.3, -0.25) is 9.69 Å². The highest BCUT2D eigenvalue weighted by atomic mass is 16.5. The van der Waals surface area contributed by atoms with Crippen molar-refractivity contribution in [2.45, 2.75) is 64.6 Å². The predicted octanol–water partition coefficient (Wildman–Crippen LogP) is 1.55. The van der Waals surface area contributed by atoms with Crippen LogP contribution in [0.4, 0.5) is 0 Å². The molecule has 2 N–H and O–H groups in total. The van der Waals surface area contributed by atoms with Gasteiger partial charge in [-0.2, -0.15) is 0 Å². The van der Waals surface area contributed by atoms with Gasteiger partial charge in [-0.15, -0.1) is 0 Å². The van der Waals surface area contributed by atoms with E-state index >= 15 is 0 Å². The van der Waals surface area contributed by atoms with Gasteiger partial charge in [0.05, 0.1) is 12.7 Å². The summed E-state index contributed by atoms with van der Waals surface area (Å²) >= 11 is 0. The average molecular weight is 286 g/mol. The average Bonchev–Trinajstić information content (AvgIpc) is 2.88. The molecule has 0 radical (unpaired) electrons. The first-order valence-corrected chi connectivity index (χ1v) is 7.72. The Morgan fingerprint density at radius 2 is 2.25 bits per heavy atom. The maximum Gasteiger partial charge on any atom is 0.325 e. The maximum absolute atomic E-state index is 11.9. The van der Waals surface area contributed by atoms with Crippen LogP contribution in [-0.4, -0.2) is 54.9 Å². The van der Waals surface area contributed by atoms with Crippen molar-refractivity contribution in [1.82, 2.24) is 4.90 Å². The van der Waals surface area contributed by atoms with E-state index < -0.39 is 5.54 Å². The number of carbonyl (C=O) groups is 1. The summed E-state index contributed by atoms with van der Waals surface area (Å²) < 4.78 is 10.7. The van der Waals surface area contributed by atoms with Gasteiger partial charge in [0.15, 0.2) is 0 Å². The minimum atomic E-state index is -0.931. The zero-order valence-corrected chi connectivity index (χ0v) is 13.4. The van der Waals surface area contributed by atoms with Gasteiger partial charge in [0.2, 0.25) is 0 Å². The topological polar surface area (TPSA) is 64.8 Å². The number of rotatable bonds is 8. The van der Waals surface area contributed by atoms with Gasteiger partial charge in [0.25, 0.3) is 0 Å². The Bertz CT molecular complexity index is 301. The number of esters is 1. The maximum atomic E-state index is 11.9. The number of hydrogen-bond acceptors (Lipinski definition) is 5. The minimum Gasteiger partial charge on any atom is -0.465 e. The van der Waals surface area contributed by atoms with Crippen molar-refractivity contribution in [3.8, 4) is 0 Å². The van der Waals surface area contributed by atoms with E-state index in [1.54, 1.807) is 13.8 Å². The third-order valence-corrected chi connectivity index (χ3v) is 3.95. The normalized spacial score (nSPS) is 23.6. The highest BCUT2D eigenvalue weighted by Gasteiger charge is 2.34. The quantitative estimate of drug-likeness (QED) is 0.686. The highest BCUT2D eigenvalue weighted by Crippen LogP contribution is 2.19. The highest BCUT2D eigenvalue weighted by molar-refractivity contribution is 5.80. The first-order chi connectivity index (χ1) is 9.40. The van der Waals surface area contributed by atoms with Gasteiger partial charge in [0, 0.05) is 19.2 Å². The molecule has 1 aliphatic rings. The Balaban J connectivity index is 2.52. The number of ether oxygens (including phenoxy) is 2. The van der Waals surface area contributed by atoms with Crippen LogP contribution in [0.2, 0.25) is 0 Å². The van der Waals surface area contributed by atoms with Crippen LogP contribution in [0.25, 0.3) is 0 Å². The van der Waals surface area contributed by atoms with Crippen LogP contribution in [0.15, 0.2) is 0 Å². The Hall–Kier alpha value is -0.650. The molecule has 5 nitrogen and oxygen atoms in total. The lowest BCUT2D eigenvalue weighted by Gasteiger charge is -2.34. The fourth-order valence-electron chi connectivity index (χ4n) is 2.79. The van der Waals surface area contributed by atoms with Gasteiger partial charge in [-0.25, -0.2) is 0 Å². The molecule has 1 aliphatic heterocycles. The van der Waals surface area contributed by atoms with E-state index in [0.29, 0.717) is 19.1 Å². The van der Waals surface area contributed by atoms with Gasteiger partial charge in [-0.1, -0.05) is 6.92 Å². The van der Waals surface area contributed by atoms with E-state index in [4.69, 9.17) is 15.2 Å². The number of carbonyl (C=O) groups excluding carboxylic acids is 1. The fourth-order valence-corrected chi connectivity index (χ4v) is 2.79. The lowest BCUT2D eigenvalue weighted by molar-refractivity contribution is -0.149. The molecule has 0 aromatic heterocycles. The van der Waals surface area contributed by atoms with E-state index in [1.165, 1.54) is 0 Å². The third-order valence-electron chi connectivity index (χ3n) is 3.95. The second-order valence-corrected chi connectivity index (χ2v) is 5.91. The van der Waals surface area contributed by atoms with Crippen LogP contribution < -0.4 is 5.73 Å². The van der Waals surface area contributed by atoms with E-state index in [-0.39, 0.29) is 12.0 Å². The molecule has 0 bridgehead atoms. The van der Waals surface area contributed by atoms with Crippen LogP contribution >= 0.6 is 0 Å². The summed E-state index contributed by atoms with van der Waals surface area (Å²) in [5, 5.41) is 0. The van der Waals surface area contributed by atoms with Gasteiger partial charge in [-0.05, 0) is 46.6 Å². The molecule has 3 unspecified atom stereocenters. The second-order valence-electron chi connectivity index (χ2n) is 5.91. The van der Waals surface area contributed by atoms with Crippen molar-refractivity contribution in [1.29, 1.82) is 0 Å². The molecule has 20 heavy (non-hydrogen) atoms. The third kappa shape index (κ3) is 5.04. The summed E-state index contributed by atoms with van der Waals surface area (Å²) in [6, 6.07) is 0.226. The Labute approximate surface area is 122 Å². The van der Waals surface area contributed by atoms with Crippen LogP contribution in [-0.2, 0) is 14.3 Å². The summed E-state index contributed by atoms with van der Waals surface area (Å²) in [6.45, 7) is 10.9. The number of hydrogen-bond donors (Lipinski definition) is 1. The lowest BCUT2D eigenvalue weighted by atomic mass is 9.94. The lowest BCUT2D eigenvalue weighted by Crippen LogP contribution is -2.52. The fraction of sp³-hybridized carbons (Fsp3) is 0.933. The molecule has 1 heterocycles. The molecule has 118 valence electrons. The SMILES string of the molecule is CCOC(=O)C(C)(N)CC(C)N(CC)CC1CCCO1. The Morgan fingerprint density at radius 1 is 1.55 bits per heavy atom. The molecule has 0 aliphatic carbocycles. The first-order valence-electron chi connectivity index (χ1n) is 7.72. The van der Waals surface area contributed by atoms with Gasteiger partial charge >= 0.3 is 5.97 Å². The summed E-state index contributed by atoms with van der Waals surface area (Å²) in [7, 11) is 0. The smallest absolute Gasteiger partial charge is 0.325 e. The van der Waals surface area contributed by atoms with Crippen LogP contribution in [0.5, 0.6) is 0 Å². The van der Waals surface area contributed by atoms with E-state index in [2.05, 4.69) is 18.7 Å². The van der Waals surface area contributed by atoms with Crippen molar-refractivity contribution < 1.29 is 14.3 Å². The number of nitrogens with two attached hydrogens (primary N) is 1. The molecule has 0 amide bonds. The van der Waals surface area contributed by atoms with E-state index in [0.717, 1.165) is 32.5 Å². The molecule has 0 aromatic rings. The van der Waals surface area contributed by atoms with E-state index in [9.17, 15) is 4.79 Å². The molecular weight excluding hydrogens is 256 g/mol. The summed E-state index contributed by atoms with van der Waals surface area (Å²) in [6.07, 6.45) is 3.19. The van der Waals surface area contributed by atoms with Crippen molar-refractivity contribution in [3.05, 3.63) is 0 Å². The first kappa shape index (κ1) is 17.4. The van der Waals surface area contributed by atoms with Crippen molar-refractivity contribution in [3.63, 3.8) is 0 Å². The molecular formula is C15H30N2O3. The molecule has 1 saturated heterocycles. The summed E-state index contributed by atoms with van der Waals surface area (Å²) in [5.74, 6) is -0.319. The number of nitrogens with zero attached hydrogens (tertiary/aromatic N) is 1. The van der Waals surface area contributed by atoms with Crippen molar-refractivity contribution in [2.24, 2.45) is 5.73 Å². The standard InChI is InChI=1S/C15H30N2O3/c1-5-17(11-13-8-7-9-20-13)12(3)10-15(4,16)14(18)19-6-2/h12-13H,5-11,16H2,1-4H3. The summed E-state index contributed by atoms with van der Waals surface area (Å²) in [4.78, 5) is 14.2. The second kappa shape index (κ2) is 7.96. The Kier molecular flexibility index (Phi) is 6.92. The molecule has 1 fully saturated rings.